The third-order valence-corrected chi connectivity index (χ3v) is 2.96. The Morgan fingerprint density at radius 2 is 2.11 bits per heavy atom. The monoisotopic (exact) mass is 258 g/mol. The van der Waals surface area contributed by atoms with Crippen LogP contribution in [0.4, 0.5) is 5.82 Å². The average molecular weight is 258 g/mol. The van der Waals surface area contributed by atoms with Crippen LogP contribution >= 0.6 is 0 Å². The number of nitrogens with one attached hydrogen (secondary N) is 1. The molecule has 100 valence electrons. The Morgan fingerprint density at radius 1 is 1.37 bits per heavy atom. The van der Waals surface area contributed by atoms with Crippen molar-refractivity contribution < 1.29 is 4.79 Å². The normalized spacial score (nSPS) is 12.1. The molecule has 0 fully saturated rings. The van der Waals surface area contributed by atoms with Crippen molar-refractivity contribution in [1.29, 1.82) is 0 Å². The van der Waals surface area contributed by atoms with Gasteiger partial charge in [-0.2, -0.15) is 5.10 Å². The van der Waals surface area contributed by atoms with E-state index in [0.717, 1.165) is 5.56 Å². The fourth-order valence-corrected chi connectivity index (χ4v) is 1.93. The van der Waals surface area contributed by atoms with Gasteiger partial charge in [0.25, 0.3) is 0 Å². The number of hydrogen-bond donors (Lipinski definition) is 2. The van der Waals surface area contributed by atoms with E-state index >= 15 is 0 Å². The van der Waals surface area contributed by atoms with Crippen molar-refractivity contribution in [3.63, 3.8) is 0 Å². The van der Waals surface area contributed by atoms with Crippen LogP contribution < -0.4 is 11.1 Å². The minimum absolute atomic E-state index is 0.0596. The molecule has 0 aliphatic rings. The molecule has 5 nitrogen and oxygen atoms in total. The van der Waals surface area contributed by atoms with Gasteiger partial charge in [-0.15, -0.1) is 0 Å². The number of nitrogens with zero attached hydrogens (tertiary/aromatic N) is 2. The lowest BCUT2D eigenvalue weighted by Crippen LogP contribution is -2.20. The fraction of sp³-hybridized carbons (Fsp3) is 0.286. The summed E-state index contributed by atoms with van der Waals surface area (Å²) >= 11 is 0. The van der Waals surface area contributed by atoms with Crippen LogP contribution in [0.15, 0.2) is 42.6 Å². The molecular formula is C14H18N4O. The van der Waals surface area contributed by atoms with Crippen LogP contribution in [0.25, 0.3) is 0 Å². The molecule has 3 N–H and O–H groups in total. The zero-order chi connectivity index (χ0) is 13.7. The summed E-state index contributed by atoms with van der Waals surface area (Å²) < 4.78 is 1.80. The minimum atomic E-state index is -0.0930. The molecule has 1 aromatic heterocycles. The number of hydrogen-bond acceptors (Lipinski definition) is 3. The first-order valence-electron chi connectivity index (χ1n) is 6.30. The van der Waals surface area contributed by atoms with E-state index in [1.54, 1.807) is 16.9 Å². The summed E-state index contributed by atoms with van der Waals surface area (Å²) in [5, 5.41) is 7.10. The molecule has 1 aromatic carbocycles. The minimum Gasteiger partial charge on any atom is -0.330 e. The zero-order valence-corrected chi connectivity index (χ0v) is 10.9. The Hall–Kier alpha value is -2.14. The lowest BCUT2D eigenvalue weighted by Gasteiger charge is -2.16. The van der Waals surface area contributed by atoms with E-state index in [-0.39, 0.29) is 11.9 Å². The van der Waals surface area contributed by atoms with E-state index in [2.05, 4.69) is 10.4 Å². The second-order valence-corrected chi connectivity index (χ2v) is 4.33. The number of carbonyl (C=O) groups is 1. The highest BCUT2D eigenvalue weighted by Crippen LogP contribution is 2.21. The van der Waals surface area contributed by atoms with Crippen LogP contribution in [0.3, 0.4) is 0 Å². The van der Waals surface area contributed by atoms with E-state index < -0.39 is 0 Å². The molecule has 0 saturated heterocycles. The number of benzene rings is 1. The molecule has 19 heavy (non-hydrogen) atoms. The van der Waals surface area contributed by atoms with Crippen molar-refractivity contribution in [3.8, 4) is 0 Å². The molecule has 0 saturated carbocycles. The van der Waals surface area contributed by atoms with Gasteiger partial charge in [0, 0.05) is 19.0 Å². The Morgan fingerprint density at radius 3 is 2.79 bits per heavy atom. The summed E-state index contributed by atoms with van der Waals surface area (Å²) in [7, 11) is 0. The Labute approximate surface area is 112 Å². The molecule has 0 spiro atoms. The maximum atomic E-state index is 11.6. The second-order valence-electron chi connectivity index (χ2n) is 4.33. The maximum Gasteiger partial charge on any atom is 0.226 e. The predicted molar refractivity (Wildman–Crippen MR) is 74.8 cm³/mol. The van der Waals surface area contributed by atoms with Crippen LogP contribution in [0.2, 0.25) is 0 Å². The zero-order valence-electron chi connectivity index (χ0n) is 10.9. The quantitative estimate of drug-likeness (QED) is 0.858. The number of amides is 1. The van der Waals surface area contributed by atoms with Crippen LogP contribution in [0, 0.1) is 0 Å². The fourth-order valence-electron chi connectivity index (χ4n) is 1.93. The van der Waals surface area contributed by atoms with Crippen molar-refractivity contribution in [2.24, 2.45) is 5.73 Å². The van der Waals surface area contributed by atoms with Gasteiger partial charge in [0.15, 0.2) is 0 Å². The molecule has 2 rings (SSSR count). The number of nitrogens with two attached hydrogens (primary N) is 1. The first kappa shape index (κ1) is 13.3. The third-order valence-electron chi connectivity index (χ3n) is 2.96. The molecule has 1 heterocycles. The van der Waals surface area contributed by atoms with Crippen molar-refractivity contribution in [2.75, 3.05) is 11.9 Å². The molecule has 5 heteroatoms. The molecule has 1 amide bonds. The summed E-state index contributed by atoms with van der Waals surface area (Å²) in [6.45, 7) is 2.38. The summed E-state index contributed by atoms with van der Waals surface area (Å²) in [4.78, 5) is 11.6. The van der Waals surface area contributed by atoms with Crippen molar-refractivity contribution >= 4 is 11.7 Å². The standard InChI is InChI=1S/C14H18N4O/c1-11(12-5-3-2-4-6-12)18-13(8-10-16-18)17-14(19)7-9-15/h2-6,8,10-11H,7,9,15H2,1H3,(H,17,19). The van der Waals surface area contributed by atoms with Crippen molar-refractivity contribution in [3.05, 3.63) is 48.2 Å². The number of carbonyl (C=O) groups excluding carboxylic acids is 1. The molecule has 0 bridgehead atoms. The van der Waals surface area contributed by atoms with Gasteiger partial charge in [-0.25, -0.2) is 4.68 Å². The molecule has 0 aliphatic heterocycles. The topological polar surface area (TPSA) is 72.9 Å². The lowest BCUT2D eigenvalue weighted by atomic mass is 10.1. The van der Waals surface area contributed by atoms with Crippen LogP contribution in [0.5, 0.6) is 0 Å². The maximum absolute atomic E-state index is 11.6. The van der Waals surface area contributed by atoms with Gasteiger partial charge in [0.2, 0.25) is 5.91 Å². The van der Waals surface area contributed by atoms with Gasteiger partial charge in [-0.05, 0) is 12.5 Å². The molecule has 1 atom stereocenters. The third kappa shape index (κ3) is 3.20. The highest BCUT2D eigenvalue weighted by atomic mass is 16.1. The Kier molecular flexibility index (Phi) is 4.30. The highest BCUT2D eigenvalue weighted by Gasteiger charge is 2.13. The molecule has 0 radical (unpaired) electrons. The average Bonchev–Trinajstić information content (AvgIpc) is 2.87. The largest absolute Gasteiger partial charge is 0.330 e. The van der Waals surface area contributed by atoms with Gasteiger partial charge < -0.3 is 11.1 Å². The Balaban J connectivity index is 2.17. The predicted octanol–water partition coefficient (Wildman–Crippen LogP) is 1.78. The van der Waals surface area contributed by atoms with Crippen LogP contribution in [0.1, 0.15) is 24.9 Å². The van der Waals surface area contributed by atoms with E-state index in [0.29, 0.717) is 18.8 Å². The summed E-state index contributed by atoms with van der Waals surface area (Å²) in [6.07, 6.45) is 1.99. The van der Waals surface area contributed by atoms with Gasteiger partial charge in [-0.1, -0.05) is 30.3 Å². The van der Waals surface area contributed by atoms with Gasteiger partial charge >= 0.3 is 0 Å². The first-order chi connectivity index (χ1) is 9.22. The van der Waals surface area contributed by atoms with Gasteiger partial charge in [0.05, 0.1) is 12.2 Å². The summed E-state index contributed by atoms with van der Waals surface area (Å²) in [5.41, 5.74) is 6.50. The summed E-state index contributed by atoms with van der Waals surface area (Å²) in [5.74, 6) is 0.597. The van der Waals surface area contributed by atoms with E-state index in [1.807, 2.05) is 37.3 Å². The van der Waals surface area contributed by atoms with Gasteiger partial charge in [0.1, 0.15) is 5.82 Å². The van der Waals surface area contributed by atoms with Crippen molar-refractivity contribution in [1.82, 2.24) is 9.78 Å². The number of rotatable bonds is 5. The van der Waals surface area contributed by atoms with E-state index in [4.69, 9.17) is 5.73 Å². The Bertz CT molecular complexity index is 535. The number of aromatic nitrogens is 2. The molecule has 2 aromatic rings. The van der Waals surface area contributed by atoms with Crippen LogP contribution in [-0.2, 0) is 4.79 Å². The number of anilines is 1. The highest BCUT2D eigenvalue weighted by molar-refractivity contribution is 5.89. The summed E-state index contributed by atoms with van der Waals surface area (Å²) in [6, 6.07) is 11.9. The van der Waals surface area contributed by atoms with Gasteiger partial charge in [-0.3, -0.25) is 4.79 Å². The smallest absolute Gasteiger partial charge is 0.226 e. The molecule has 0 aliphatic carbocycles. The van der Waals surface area contributed by atoms with E-state index in [1.165, 1.54) is 0 Å². The second kappa shape index (κ2) is 6.15. The van der Waals surface area contributed by atoms with Crippen LogP contribution in [-0.4, -0.2) is 22.2 Å². The SMILES string of the molecule is CC(c1ccccc1)n1nccc1NC(=O)CCN. The lowest BCUT2D eigenvalue weighted by molar-refractivity contribution is -0.116. The molecule has 1 unspecified atom stereocenters. The molecular weight excluding hydrogens is 240 g/mol. The van der Waals surface area contributed by atoms with Crippen molar-refractivity contribution in [2.45, 2.75) is 19.4 Å². The first-order valence-corrected chi connectivity index (χ1v) is 6.30. The van der Waals surface area contributed by atoms with E-state index in [9.17, 15) is 4.79 Å².